The quantitative estimate of drug-likeness (QED) is 0.852. The predicted octanol–water partition coefficient (Wildman–Crippen LogP) is 3.76. The molecular weight excluding hydrogens is 366 g/mol. The minimum atomic E-state index is -3.64. The molecule has 0 atom stereocenters. The predicted molar refractivity (Wildman–Crippen MR) is 89.3 cm³/mol. The molecule has 2 N–H and O–H groups in total. The number of hydrogen-bond donors (Lipinski definition) is 2. The van der Waals surface area contributed by atoms with Gasteiger partial charge in [-0.2, -0.15) is 0 Å². The Morgan fingerprint density at radius 1 is 1.09 bits per heavy atom. The molecule has 0 aliphatic heterocycles. The van der Waals surface area contributed by atoms with Crippen LogP contribution in [0.4, 0.5) is 15.8 Å². The number of halogens is 3. The van der Waals surface area contributed by atoms with Crippen LogP contribution in [0.5, 0.6) is 0 Å². The highest BCUT2D eigenvalue weighted by atomic mass is 35.5. The number of rotatable bonds is 4. The van der Waals surface area contributed by atoms with Gasteiger partial charge in [0.1, 0.15) is 5.82 Å². The molecule has 0 aromatic heterocycles. The van der Waals surface area contributed by atoms with Gasteiger partial charge in [0, 0.05) is 11.3 Å². The van der Waals surface area contributed by atoms with Crippen LogP contribution in [0, 0.1) is 5.82 Å². The van der Waals surface area contributed by atoms with Gasteiger partial charge in [0.15, 0.2) is 0 Å². The average molecular weight is 377 g/mol. The molecule has 2 aromatic carbocycles. The van der Waals surface area contributed by atoms with Gasteiger partial charge in [0.05, 0.1) is 22.0 Å². The highest BCUT2D eigenvalue weighted by molar-refractivity contribution is 7.92. The van der Waals surface area contributed by atoms with Crippen molar-refractivity contribution in [2.45, 2.75) is 0 Å². The molecule has 0 aliphatic rings. The molecule has 5 nitrogen and oxygen atoms in total. The van der Waals surface area contributed by atoms with Crippen LogP contribution in [0.2, 0.25) is 10.0 Å². The van der Waals surface area contributed by atoms with Gasteiger partial charge in [0.25, 0.3) is 5.91 Å². The smallest absolute Gasteiger partial charge is 0.255 e. The maximum absolute atomic E-state index is 13.6. The maximum atomic E-state index is 13.6. The van der Waals surface area contributed by atoms with E-state index in [9.17, 15) is 17.6 Å². The lowest BCUT2D eigenvalue weighted by molar-refractivity contribution is 0.102. The molecular formula is C14H11Cl2FN2O3S. The summed E-state index contributed by atoms with van der Waals surface area (Å²) < 4.78 is 38.0. The zero-order chi connectivity index (χ0) is 17.2. The summed E-state index contributed by atoms with van der Waals surface area (Å²) in [6, 6.07) is 7.85. The van der Waals surface area contributed by atoms with Crippen molar-refractivity contribution < 1.29 is 17.6 Å². The summed E-state index contributed by atoms with van der Waals surface area (Å²) in [5, 5.41) is 3.05. The fraction of sp³-hybridized carbons (Fsp3) is 0.0714. The molecule has 122 valence electrons. The Hall–Kier alpha value is -1.83. The van der Waals surface area contributed by atoms with Crippen LogP contribution in [-0.4, -0.2) is 20.6 Å². The van der Waals surface area contributed by atoms with Gasteiger partial charge in [-0.05, 0) is 36.4 Å². The highest BCUT2D eigenvalue weighted by Gasteiger charge is 2.12. The first kappa shape index (κ1) is 17.5. The van der Waals surface area contributed by atoms with Crippen LogP contribution in [0.3, 0.4) is 0 Å². The van der Waals surface area contributed by atoms with Crippen LogP contribution < -0.4 is 10.0 Å². The number of amides is 1. The van der Waals surface area contributed by atoms with Gasteiger partial charge in [-0.1, -0.05) is 23.2 Å². The second-order valence-corrected chi connectivity index (χ2v) is 7.21. The van der Waals surface area contributed by atoms with Crippen molar-refractivity contribution in [1.29, 1.82) is 0 Å². The second-order valence-electron chi connectivity index (χ2n) is 4.65. The molecule has 0 radical (unpaired) electrons. The largest absolute Gasteiger partial charge is 0.322 e. The van der Waals surface area contributed by atoms with E-state index in [0.717, 1.165) is 12.3 Å². The van der Waals surface area contributed by atoms with Gasteiger partial charge in [-0.3, -0.25) is 9.52 Å². The summed E-state index contributed by atoms with van der Waals surface area (Å²) in [6.07, 6.45) is 0.896. The Morgan fingerprint density at radius 3 is 2.39 bits per heavy atom. The summed E-state index contributed by atoms with van der Waals surface area (Å²) in [4.78, 5) is 12.1. The van der Waals surface area contributed by atoms with E-state index < -0.39 is 21.7 Å². The molecule has 0 saturated heterocycles. The third-order valence-corrected chi connectivity index (χ3v) is 4.03. The number of nitrogens with one attached hydrogen (secondary N) is 2. The zero-order valence-corrected chi connectivity index (χ0v) is 14.1. The normalized spacial score (nSPS) is 11.1. The Kier molecular flexibility index (Phi) is 5.13. The summed E-state index contributed by atoms with van der Waals surface area (Å²) in [7, 11) is -3.64. The van der Waals surface area contributed by atoms with E-state index in [1.165, 1.54) is 30.3 Å². The van der Waals surface area contributed by atoms with E-state index in [-0.39, 0.29) is 22.0 Å². The van der Waals surface area contributed by atoms with E-state index in [1.807, 2.05) is 4.72 Å². The van der Waals surface area contributed by atoms with E-state index >= 15 is 0 Å². The highest BCUT2D eigenvalue weighted by Crippen LogP contribution is 2.24. The van der Waals surface area contributed by atoms with Crippen molar-refractivity contribution in [2.75, 3.05) is 16.3 Å². The molecule has 0 unspecified atom stereocenters. The number of carbonyl (C=O) groups is 1. The molecule has 9 heteroatoms. The van der Waals surface area contributed by atoms with Crippen molar-refractivity contribution >= 4 is 50.5 Å². The molecule has 2 aromatic rings. The molecule has 2 rings (SSSR count). The van der Waals surface area contributed by atoms with Gasteiger partial charge in [-0.25, -0.2) is 12.8 Å². The third kappa shape index (κ3) is 4.82. The average Bonchev–Trinajstić information content (AvgIpc) is 2.44. The Balaban J connectivity index is 2.24. The van der Waals surface area contributed by atoms with Crippen LogP contribution in [0.25, 0.3) is 0 Å². The van der Waals surface area contributed by atoms with Gasteiger partial charge < -0.3 is 5.32 Å². The van der Waals surface area contributed by atoms with Crippen LogP contribution >= 0.6 is 23.2 Å². The molecule has 0 bridgehead atoms. The summed E-state index contributed by atoms with van der Waals surface area (Å²) >= 11 is 11.6. The first-order valence-corrected chi connectivity index (χ1v) is 8.84. The van der Waals surface area contributed by atoms with Gasteiger partial charge in [-0.15, -0.1) is 0 Å². The molecule has 0 aliphatic carbocycles. The third-order valence-electron chi connectivity index (χ3n) is 2.70. The minimum absolute atomic E-state index is 0.216. The van der Waals surface area contributed by atoms with Gasteiger partial charge in [0.2, 0.25) is 10.0 Å². The summed E-state index contributed by atoms with van der Waals surface area (Å²) in [6.45, 7) is 0. The second kappa shape index (κ2) is 6.74. The number of carbonyl (C=O) groups excluding carboxylic acids is 1. The topological polar surface area (TPSA) is 75.3 Å². The van der Waals surface area contributed by atoms with Crippen molar-refractivity contribution in [1.82, 2.24) is 0 Å². The number of sulfonamides is 1. The molecule has 1 amide bonds. The number of benzene rings is 2. The van der Waals surface area contributed by atoms with Crippen LogP contribution in [0.15, 0.2) is 36.4 Å². The zero-order valence-electron chi connectivity index (χ0n) is 11.7. The van der Waals surface area contributed by atoms with Crippen LogP contribution in [0.1, 0.15) is 10.4 Å². The molecule has 0 fully saturated rings. The van der Waals surface area contributed by atoms with Crippen molar-refractivity contribution in [3.05, 3.63) is 57.8 Å². The fourth-order valence-corrected chi connectivity index (χ4v) is 2.58. The minimum Gasteiger partial charge on any atom is -0.322 e. The van der Waals surface area contributed by atoms with E-state index in [4.69, 9.17) is 23.2 Å². The molecule has 0 spiro atoms. The maximum Gasteiger partial charge on any atom is 0.255 e. The summed E-state index contributed by atoms with van der Waals surface area (Å²) in [5.74, 6) is -1.26. The Labute approximate surface area is 142 Å². The standard InChI is InChI=1S/C14H11Cl2FN2O3S/c1-23(21,22)19-13-7-9(3-5-12(13)17)18-14(20)8-2-4-10(15)11(16)6-8/h2-7,19H,1H3,(H,18,20). The lowest BCUT2D eigenvalue weighted by Gasteiger charge is -2.10. The van der Waals surface area contributed by atoms with E-state index in [0.29, 0.717) is 5.02 Å². The fourth-order valence-electron chi connectivity index (χ4n) is 1.72. The number of anilines is 2. The number of hydrogen-bond acceptors (Lipinski definition) is 3. The Bertz CT molecular complexity index is 872. The van der Waals surface area contributed by atoms with Crippen LogP contribution in [-0.2, 0) is 10.0 Å². The van der Waals surface area contributed by atoms with Crippen molar-refractivity contribution in [3.8, 4) is 0 Å². The monoisotopic (exact) mass is 376 g/mol. The van der Waals surface area contributed by atoms with E-state index in [2.05, 4.69) is 5.32 Å². The Morgan fingerprint density at radius 2 is 1.78 bits per heavy atom. The van der Waals surface area contributed by atoms with Crippen molar-refractivity contribution in [2.24, 2.45) is 0 Å². The molecule has 23 heavy (non-hydrogen) atoms. The molecule has 0 saturated carbocycles. The first-order chi connectivity index (χ1) is 10.7. The lowest BCUT2D eigenvalue weighted by Crippen LogP contribution is -2.14. The van der Waals surface area contributed by atoms with Crippen molar-refractivity contribution in [3.63, 3.8) is 0 Å². The molecule has 0 heterocycles. The van der Waals surface area contributed by atoms with Gasteiger partial charge >= 0.3 is 0 Å². The summed E-state index contributed by atoms with van der Waals surface area (Å²) in [5.41, 5.74) is 0.203. The SMILES string of the molecule is CS(=O)(=O)Nc1cc(NC(=O)c2ccc(Cl)c(Cl)c2)ccc1F. The van der Waals surface area contributed by atoms with E-state index in [1.54, 1.807) is 0 Å². The lowest BCUT2D eigenvalue weighted by atomic mass is 10.2. The first-order valence-electron chi connectivity index (χ1n) is 6.19.